The van der Waals surface area contributed by atoms with E-state index in [1.807, 2.05) is 68.4 Å². The molecule has 2 rings (SSSR count). The SMILES string of the molecule is Cc1cccc(NC(=O)N(CCN(C)C)Cc2ccccc2)c1C. The van der Waals surface area contributed by atoms with Crippen LogP contribution in [0.2, 0.25) is 0 Å². The Balaban J connectivity index is 2.12. The highest BCUT2D eigenvalue weighted by molar-refractivity contribution is 5.90. The van der Waals surface area contributed by atoms with Crippen molar-refractivity contribution in [2.75, 3.05) is 32.5 Å². The van der Waals surface area contributed by atoms with Crippen LogP contribution in [0.4, 0.5) is 10.5 Å². The van der Waals surface area contributed by atoms with E-state index < -0.39 is 0 Å². The molecule has 0 radical (unpaired) electrons. The highest BCUT2D eigenvalue weighted by atomic mass is 16.2. The zero-order valence-corrected chi connectivity index (χ0v) is 15.0. The van der Waals surface area contributed by atoms with E-state index in [1.54, 1.807) is 0 Å². The van der Waals surface area contributed by atoms with Crippen molar-refractivity contribution in [3.05, 3.63) is 65.2 Å². The van der Waals surface area contributed by atoms with Gasteiger partial charge in [-0.1, -0.05) is 42.5 Å². The summed E-state index contributed by atoms with van der Waals surface area (Å²) in [6.45, 7) is 6.20. The molecule has 0 aliphatic carbocycles. The second-order valence-electron chi connectivity index (χ2n) is 6.39. The summed E-state index contributed by atoms with van der Waals surface area (Å²) in [5.41, 5.74) is 4.30. The third-order valence-electron chi connectivity index (χ3n) is 4.17. The Labute approximate surface area is 145 Å². The number of rotatable bonds is 6. The minimum atomic E-state index is -0.0607. The van der Waals surface area contributed by atoms with Crippen LogP contribution in [0.1, 0.15) is 16.7 Å². The molecule has 0 fully saturated rings. The topological polar surface area (TPSA) is 35.6 Å². The maximum absolute atomic E-state index is 12.8. The fraction of sp³-hybridized carbons (Fsp3) is 0.350. The van der Waals surface area contributed by atoms with Crippen LogP contribution in [-0.2, 0) is 6.54 Å². The Morgan fingerprint density at radius 1 is 0.958 bits per heavy atom. The maximum Gasteiger partial charge on any atom is 0.322 e. The average molecular weight is 325 g/mol. The number of nitrogens with zero attached hydrogens (tertiary/aromatic N) is 2. The van der Waals surface area contributed by atoms with Crippen LogP contribution in [-0.4, -0.2) is 43.0 Å². The molecule has 0 unspecified atom stereocenters. The summed E-state index contributed by atoms with van der Waals surface area (Å²) in [4.78, 5) is 16.7. The molecular formula is C20H27N3O. The van der Waals surface area contributed by atoms with Gasteiger partial charge < -0.3 is 15.1 Å². The van der Waals surface area contributed by atoms with Crippen LogP contribution >= 0.6 is 0 Å². The Bertz CT molecular complexity index is 668. The first-order valence-electron chi connectivity index (χ1n) is 8.28. The molecule has 2 aromatic carbocycles. The van der Waals surface area contributed by atoms with Crippen molar-refractivity contribution in [2.45, 2.75) is 20.4 Å². The van der Waals surface area contributed by atoms with Crippen LogP contribution in [0.25, 0.3) is 0 Å². The van der Waals surface area contributed by atoms with Gasteiger partial charge >= 0.3 is 6.03 Å². The van der Waals surface area contributed by atoms with E-state index in [1.165, 1.54) is 5.56 Å². The molecule has 0 aromatic heterocycles. The van der Waals surface area contributed by atoms with E-state index in [0.717, 1.165) is 23.4 Å². The first kappa shape index (κ1) is 18.0. The number of carbonyl (C=O) groups excluding carboxylic acids is 1. The number of hydrogen-bond donors (Lipinski definition) is 1. The van der Waals surface area contributed by atoms with E-state index in [4.69, 9.17) is 0 Å². The lowest BCUT2D eigenvalue weighted by atomic mass is 10.1. The van der Waals surface area contributed by atoms with Crippen LogP contribution in [0.3, 0.4) is 0 Å². The van der Waals surface area contributed by atoms with E-state index in [0.29, 0.717) is 13.1 Å². The molecule has 24 heavy (non-hydrogen) atoms. The van der Waals surface area contributed by atoms with Gasteiger partial charge in [0.1, 0.15) is 0 Å². The molecule has 1 N–H and O–H groups in total. The smallest absolute Gasteiger partial charge is 0.319 e. The van der Waals surface area contributed by atoms with E-state index in [9.17, 15) is 4.79 Å². The van der Waals surface area contributed by atoms with E-state index in [2.05, 4.69) is 23.2 Å². The number of benzene rings is 2. The first-order valence-corrected chi connectivity index (χ1v) is 8.28. The molecule has 0 aliphatic rings. The largest absolute Gasteiger partial charge is 0.322 e. The predicted molar refractivity (Wildman–Crippen MR) is 100 cm³/mol. The van der Waals surface area contributed by atoms with Gasteiger partial charge in [-0.3, -0.25) is 0 Å². The standard InChI is InChI=1S/C20H27N3O/c1-16-9-8-12-19(17(16)2)21-20(24)23(14-13-22(3)4)15-18-10-6-5-7-11-18/h5-12H,13-15H2,1-4H3,(H,21,24). The monoisotopic (exact) mass is 325 g/mol. The third kappa shape index (κ3) is 5.10. The van der Waals surface area contributed by atoms with Gasteiger partial charge in [-0.05, 0) is 50.7 Å². The van der Waals surface area contributed by atoms with Crippen LogP contribution < -0.4 is 5.32 Å². The van der Waals surface area contributed by atoms with Crippen LogP contribution in [0.5, 0.6) is 0 Å². The summed E-state index contributed by atoms with van der Waals surface area (Å²) in [6.07, 6.45) is 0. The average Bonchev–Trinajstić information content (AvgIpc) is 2.56. The third-order valence-corrected chi connectivity index (χ3v) is 4.17. The van der Waals surface area contributed by atoms with Gasteiger partial charge in [0, 0.05) is 25.3 Å². The molecule has 4 nitrogen and oxygen atoms in total. The van der Waals surface area contributed by atoms with Gasteiger partial charge in [0.2, 0.25) is 0 Å². The number of hydrogen-bond acceptors (Lipinski definition) is 2. The Kier molecular flexibility index (Phi) is 6.38. The van der Waals surface area contributed by atoms with Crippen molar-refractivity contribution in [2.24, 2.45) is 0 Å². The fourth-order valence-corrected chi connectivity index (χ4v) is 2.46. The van der Waals surface area contributed by atoms with Crippen molar-refractivity contribution < 1.29 is 4.79 Å². The van der Waals surface area contributed by atoms with Crippen molar-refractivity contribution in [3.8, 4) is 0 Å². The van der Waals surface area contributed by atoms with E-state index in [-0.39, 0.29) is 6.03 Å². The molecule has 0 bridgehead atoms. The zero-order valence-electron chi connectivity index (χ0n) is 15.0. The molecule has 4 heteroatoms. The second kappa shape index (κ2) is 8.50. The number of anilines is 1. The van der Waals surface area contributed by atoms with Crippen molar-refractivity contribution in [1.29, 1.82) is 0 Å². The first-order chi connectivity index (χ1) is 11.5. The Hall–Kier alpha value is -2.33. The number of urea groups is 1. The normalized spacial score (nSPS) is 10.7. The molecule has 0 heterocycles. The van der Waals surface area contributed by atoms with Gasteiger partial charge in [0.25, 0.3) is 0 Å². The lowest BCUT2D eigenvalue weighted by molar-refractivity contribution is 0.202. The van der Waals surface area contributed by atoms with Crippen LogP contribution in [0, 0.1) is 13.8 Å². The molecule has 128 valence electrons. The molecule has 0 aliphatic heterocycles. The molecule has 0 saturated heterocycles. The fourth-order valence-electron chi connectivity index (χ4n) is 2.46. The summed E-state index contributed by atoms with van der Waals surface area (Å²) in [6, 6.07) is 16.0. The molecule has 0 saturated carbocycles. The number of nitrogens with one attached hydrogen (secondary N) is 1. The minimum Gasteiger partial charge on any atom is -0.319 e. The molecule has 2 amide bonds. The highest BCUT2D eigenvalue weighted by Crippen LogP contribution is 2.19. The number of amides is 2. The Morgan fingerprint density at radius 3 is 2.33 bits per heavy atom. The summed E-state index contributed by atoms with van der Waals surface area (Å²) in [5.74, 6) is 0. The minimum absolute atomic E-state index is 0.0607. The van der Waals surface area contributed by atoms with Crippen molar-refractivity contribution in [1.82, 2.24) is 9.80 Å². The number of likely N-dealkylation sites (N-methyl/N-ethyl adjacent to an activating group) is 1. The lowest BCUT2D eigenvalue weighted by Gasteiger charge is -2.25. The van der Waals surface area contributed by atoms with Crippen molar-refractivity contribution >= 4 is 11.7 Å². The van der Waals surface area contributed by atoms with Gasteiger partial charge in [-0.2, -0.15) is 0 Å². The lowest BCUT2D eigenvalue weighted by Crippen LogP contribution is -2.39. The molecule has 0 atom stereocenters. The van der Waals surface area contributed by atoms with Gasteiger partial charge in [-0.15, -0.1) is 0 Å². The van der Waals surface area contributed by atoms with E-state index >= 15 is 0 Å². The Morgan fingerprint density at radius 2 is 1.67 bits per heavy atom. The summed E-state index contributed by atoms with van der Waals surface area (Å²) < 4.78 is 0. The number of aryl methyl sites for hydroxylation is 1. The van der Waals surface area contributed by atoms with Gasteiger partial charge in [-0.25, -0.2) is 4.79 Å². The van der Waals surface area contributed by atoms with Gasteiger partial charge in [0.05, 0.1) is 0 Å². The van der Waals surface area contributed by atoms with Crippen molar-refractivity contribution in [3.63, 3.8) is 0 Å². The molecule has 2 aromatic rings. The molecule has 0 spiro atoms. The van der Waals surface area contributed by atoms with Crippen LogP contribution in [0.15, 0.2) is 48.5 Å². The predicted octanol–water partition coefficient (Wildman–Crippen LogP) is 3.90. The van der Waals surface area contributed by atoms with Gasteiger partial charge in [0.15, 0.2) is 0 Å². The molecular weight excluding hydrogens is 298 g/mol. The quantitative estimate of drug-likeness (QED) is 0.874. The summed E-state index contributed by atoms with van der Waals surface area (Å²) in [7, 11) is 4.03. The summed E-state index contributed by atoms with van der Waals surface area (Å²) >= 11 is 0. The maximum atomic E-state index is 12.8. The second-order valence-corrected chi connectivity index (χ2v) is 6.39. The highest BCUT2D eigenvalue weighted by Gasteiger charge is 2.15. The number of carbonyl (C=O) groups is 1. The summed E-state index contributed by atoms with van der Waals surface area (Å²) in [5, 5.41) is 3.06. The zero-order chi connectivity index (χ0) is 17.5.